The van der Waals surface area contributed by atoms with Crippen LogP contribution in [0.15, 0.2) is 48.5 Å². The quantitative estimate of drug-likeness (QED) is 0.703. The molecule has 1 nitrogen and oxygen atoms in total. The lowest BCUT2D eigenvalue weighted by Gasteiger charge is -1.90. The van der Waals surface area contributed by atoms with Crippen molar-refractivity contribution in [1.29, 1.82) is 0 Å². The van der Waals surface area contributed by atoms with Crippen LogP contribution >= 0.6 is 0 Å². The van der Waals surface area contributed by atoms with Crippen molar-refractivity contribution in [3.63, 3.8) is 0 Å². The molecule has 0 N–H and O–H groups in total. The molecule has 0 atom stereocenters. The van der Waals surface area contributed by atoms with Crippen LogP contribution < -0.4 is 0 Å². The molecule has 2 aromatic carbocycles. The van der Waals surface area contributed by atoms with E-state index in [1.54, 1.807) is 0 Å². The van der Waals surface area contributed by atoms with Crippen LogP contribution in [0.1, 0.15) is 22.3 Å². The molecule has 96 valence electrons. The highest BCUT2D eigenvalue weighted by Crippen LogP contribution is 2.00. The Bertz CT molecular complexity index is 346. The molecule has 0 saturated carbocycles. The number of rotatable bonds is 0. The second-order valence-electron chi connectivity index (χ2n) is 4.31. The first-order chi connectivity index (χ1) is 8.58. The molecule has 0 fully saturated rings. The molecule has 0 saturated heterocycles. The first-order valence-electron chi connectivity index (χ1n) is 5.81. The highest BCUT2D eigenvalue weighted by Gasteiger charge is 1.80. The van der Waals surface area contributed by atoms with Crippen molar-refractivity contribution in [2.45, 2.75) is 27.7 Å². The van der Waals surface area contributed by atoms with E-state index in [4.69, 9.17) is 4.21 Å². The second-order valence-corrected chi connectivity index (χ2v) is 4.31. The lowest BCUT2D eigenvalue weighted by Crippen LogP contribution is -1.70. The van der Waals surface area contributed by atoms with E-state index in [0.29, 0.717) is 0 Å². The highest BCUT2D eigenvalue weighted by atomic mass is 32.1. The molecule has 0 heterocycles. The summed E-state index contributed by atoms with van der Waals surface area (Å²) in [5.74, 6) is 0. The maximum absolute atomic E-state index is 7.83. The molecule has 2 rings (SSSR count). The minimum Gasteiger partial charge on any atom is -0.197 e. The lowest BCUT2D eigenvalue weighted by molar-refractivity contribution is 0.702. The molecule has 2 aromatic rings. The van der Waals surface area contributed by atoms with Gasteiger partial charge >= 0.3 is 0 Å². The Morgan fingerprint density at radius 3 is 0.722 bits per heavy atom. The van der Waals surface area contributed by atoms with Crippen molar-refractivity contribution in [3.05, 3.63) is 70.8 Å². The molecule has 0 amide bonds. The van der Waals surface area contributed by atoms with Crippen LogP contribution in [0.5, 0.6) is 0 Å². The Morgan fingerprint density at radius 2 is 0.611 bits per heavy atom. The largest absolute Gasteiger partial charge is 0.197 e. The molecule has 2 heteroatoms. The van der Waals surface area contributed by atoms with Crippen LogP contribution in [0.4, 0.5) is 0 Å². The van der Waals surface area contributed by atoms with Gasteiger partial charge in [-0.15, -0.1) is 0 Å². The molecule has 0 aromatic heterocycles. The van der Waals surface area contributed by atoms with Gasteiger partial charge in [-0.25, -0.2) is 0 Å². The van der Waals surface area contributed by atoms with Gasteiger partial charge < -0.3 is 0 Å². The predicted octanol–water partition coefficient (Wildman–Crippen LogP) is 4.27. The van der Waals surface area contributed by atoms with Gasteiger partial charge in [-0.3, -0.25) is 0 Å². The number of benzene rings is 2. The van der Waals surface area contributed by atoms with Crippen molar-refractivity contribution < 1.29 is 4.21 Å². The molecule has 0 aliphatic heterocycles. The second kappa shape index (κ2) is 9.49. The average molecular weight is 260 g/mol. The van der Waals surface area contributed by atoms with Gasteiger partial charge in [-0.2, -0.15) is 4.21 Å². The molecule has 0 radical (unpaired) electrons. The van der Waals surface area contributed by atoms with Gasteiger partial charge in [0.15, 0.2) is 12.5 Å². The number of hydrogen-bond donors (Lipinski definition) is 0. The first-order valence-corrected chi connectivity index (χ1v) is 6.14. The van der Waals surface area contributed by atoms with Crippen LogP contribution in [-0.4, -0.2) is 4.21 Å². The lowest BCUT2D eigenvalue weighted by atomic mass is 10.2. The van der Waals surface area contributed by atoms with Crippen LogP contribution in [0, 0.1) is 27.7 Å². The Labute approximate surface area is 115 Å². The smallest absolute Gasteiger partial charge is 0.197 e. The zero-order valence-electron chi connectivity index (χ0n) is 11.4. The molecular weight excluding hydrogens is 240 g/mol. The number of hydrogen-bond acceptors (Lipinski definition) is 2. The maximum atomic E-state index is 7.83. The zero-order valence-corrected chi connectivity index (χ0v) is 12.3. The molecule has 0 spiro atoms. The monoisotopic (exact) mass is 260 g/mol. The SMILES string of the molecule is Cc1ccc(C)cc1.Cc1ccc(C)cc1.O=S. The predicted molar refractivity (Wildman–Crippen MR) is 80.0 cm³/mol. The van der Waals surface area contributed by atoms with Crippen molar-refractivity contribution in [2.75, 3.05) is 0 Å². The topological polar surface area (TPSA) is 17.1 Å². The van der Waals surface area contributed by atoms with E-state index in [1.807, 2.05) is 0 Å². The summed E-state index contributed by atoms with van der Waals surface area (Å²) in [5, 5.41) is 0. The molecule has 0 unspecified atom stereocenters. The van der Waals surface area contributed by atoms with E-state index >= 15 is 0 Å². The fraction of sp³-hybridized carbons (Fsp3) is 0.250. The number of aryl methyl sites for hydroxylation is 4. The summed E-state index contributed by atoms with van der Waals surface area (Å²) < 4.78 is 7.83. The third kappa shape index (κ3) is 7.69. The minimum absolute atomic E-state index is 1.33. The summed E-state index contributed by atoms with van der Waals surface area (Å²) in [5.41, 5.74) is 5.32. The summed E-state index contributed by atoms with van der Waals surface area (Å²) in [4.78, 5) is 0. The highest BCUT2D eigenvalue weighted by molar-refractivity contribution is 7.44. The summed E-state index contributed by atoms with van der Waals surface area (Å²) in [6.07, 6.45) is 0. The fourth-order valence-corrected chi connectivity index (χ4v) is 1.27. The standard InChI is InChI=1S/2C8H10.OS/c2*1-7-3-5-8(2)6-4-7;1-2/h2*3-6H,1-2H3;. The van der Waals surface area contributed by atoms with Crippen LogP contribution in [0.3, 0.4) is 0 Å². The fourth-order valence-electron chi connectivity index (χ4n) is 1.27. The Hall–Kier alpha value is -1.54. The summed E-state index contributed by atoms with van der Waals surface area (Å²) in [6.45, 7) is 8.39. The summed E-state index contributed by atoms with van der Waals surface area (Å²) >= 11 is 2.83. The van der Waals surface area contributed by atoms with Crippen LogP contribution in [0.25, 0.3) is 0 Å². The van der Waals surface area contributed by atoms with Gasteiger partial charge in [0.05, 0.1) is 0 Å². The molecule has 0 aliphatic carbocycles. The van der Waals surface area contributed by atoms with Gasteiger partial charge in [-0.1, -0.05) is 70.8 Å². The zero-order chi connectivity index (χ0) is 14.0. The van der Waals surface area contributed by atoms with E-state index in [0.717, 1.165) is 0 Å². The van der Waals surface area contributed by atoms with E-state index in [2.05, 4.69) is 88.8 Å². The van der Waals surface area contributed by atoms with Gasteiger partial charge in [0.25, 0.3) is 0 Å². The summed E-state index contributed by atoms with van der Waals surface area (Å²) in [7, 11) is 0. The van der Waals surface area contributed by atoms with Gasteiger partial charge in [-0.05, 0) is 27.7 Å². The average Bonchev–Trinajstić information content (AvgIpc) is 2.40. The van der Waals surface area contributed by atoms with Gasteiger partial charge in [0.2, 0.25) is 0 Å². The molecule has 0 aliphatic rings. The maximum Gasteiger partial charge on any atom is 0.197 e. The molecular formula is C16H20OS. The Morgan fingerprint density at radius 1 is 0.500 bits per heavy atom. The minimum atomic E-state index is 1.33. The molecule has 18 heavy (non-hydrogen) atoms. The third-order valence-electron chi connectivity index (χ3n) is 2.44. The van der Waals surface area contributed by atoms with Crippen molar-refractivity contribution >= 4 is 12.5 Å². The van der Waals surface area contributed by atoms with Crippen molar-refractivity contribution in [3.8, 4) is 0 Å². The molecule has 0 bridgehead atoms. The first kappa shape index (κ1) is 16.5. The van der Waals surface area contributed by atoms with Gasteiger partial charge in [0.1, 0.15) is 0 Å². The van der Waals surface area contributed by atoms with E-state index < -0.39 is 0 Å². The Balaban J connectivity index is 0.000000283. The Kier molecular flexibility index (Phi) is 8.67. The van der Waals surface area contributed by atoms with E-state index in [9.17, 15) is 0 Å². The van der Waals surface area contributed by atoms with Crippen LogP contribution in [0.2, 0.25) is 0 Å². The van der Waals surface area contributed by atoms with Crippen LogP contribution in [-0.2, 0) is 12.5 Å². The van der Waals surface area contributed by atoms with Gasteiger partial charge in [0, 0.05) is 0 Å². The van der Waals surface area contributed by atoms with Crippen molar-refractivity contribution in [2.24, 2.45) is 0 Å². The van der Waals surface area contributed by atoms with E-state index in [-0.39, 0.29) is 0 Å². The third-order valence-corrected chi connectivity index (χ3v) is 2.44. The van der Waals surface area contributed by atoms with E-state index in [1.165, 1.54) is 22.3 Å². The van der Waals surface area contributed by atoms with Crippen molar-refractivity contribution in [1.82, 2.24) is 0 Å². The summed E-state index contributed by atoms with van der Waals surface area (Å²) in [6, 6.07) is 17.0. The normalized spacial score (nSPS) is 8.44.